The number of nitrogens with zero attached hydrogens (tertiary/aromatic N) is 1. The molecule has 2 aromatic carbocycles. The number of aromatic hydroxyl groups is 2. The number of ether oxygens (including phenoxy) is 3. The third-order valence-corrected chi connectivity index (χ3v) is 5.23. The second-order valence-corrected chi connectivity index (χ2v) is 8.13. The van der Waals surface area contributed by atoms with Crippen LogP contribution in [-0.2, 0) is 0 Å². The molecular formula is C26H26N2O7. The molecule has 3 N–H and O–H groups in total. The monoisotopic (exact) mass is 478 g/mol. The lowest BCUT2D eigenvalue weighted by Crippen LogP contribution is -2.06. The van der Waals surface area contributed by atoms with Gasteiger partial charge in [0.15, 0.2) is 28.8 Å². The summed E-state index contributed by atoms with van der Waals surface area (Å²) in [7, 11) is 2.99. The molecule has 9 nitrogen and oxygen atoms in total. The number of phenolic OH excluding ortho intramolecular Hbond substituents is 1. The SMILES string of the molecule is COc1cc(-c2nc(-c3ccc(OC(C)C)c(OC)c3)[nH]c2-c2oc(C)cc(=O)c2O)ccc1O. The number of benzene rings is 2. The number of aryl methyl sites for hydroxylation is 1. The number of hydrogen-bond donors (Lipinski definition) is 3. The Morgan fingerprint density at radius 3 is 2.31 bits per heavy atom. The Morgan fingerprint density at radius 1 is 0.943 bits per heavy atom. The van der Waals surface area contributed by atoms with Gasteiger partial charge >= 0.3 is 0 Å². The summed E-state index contributed by atoms with van der Waals surface area (Å²) in [5.74, 6) is 1.47. The molecule has 182 valence electrons. The van der Waals surface area contributed by atoms with E-state index in [9.17, 15) is 15.0 Å². The topological polar surface area (TPSA) is 127 Å². The lowest BCUT2D eigenvalue weighted by molar-refractivity contribution is 0.230. The van der Waals surface area contributed by atoms with E-state index in [1.54, 1.807) is 38.3 Å². The van der Waals surface area contributed by atoms with Crippen molar-refractivity contribution in [1.82, 2.24) is 9.97 Å². The van der Waals surface area contributed by atoms with Gasteiger partial charge in [-0.3, -0.25) is 4.79 Å². The van der Waals surface area contributed by atoms with E-state index in [1.807, 2.05) is 19.9 Å². The number of rotatable bonds is 7. The molecule has 2 aromatic heterocycles. The van der Waals surface area contributed by atoms with Gasteiger partial charge in [0.05, 0.1) is 20.3 Å². The van der Waals surface area contributed by atoms with Crippen LogP contribution in [0.25, 0.3) is 34.1 Å². The summed E-state index contributed by atoms with van der Waals surface area (Å²) in [6, 6.07) is 11.3. The molecule has 0 saturated carbocycles. The number of aromatic nitrogens is 2. The van der Waals surface area contributed by atoms with Gasteiger partial charge in [0.2, 0.25) is 11.2 Å². The van der Waals surface area contributed by atoms with Gasteiger partial charge < -0.3 is 33.8 Å². The predicted octanol–water partition coefficient (Wildman–Crippen LogP) is 4.89. The molecule has 9 heteroatoms. The normalized spacial score (nSPS) is 11.0. The first-order valence-electron chi connectivity index (χ1n) is 10.9. The summed E-state index contributed by atoms with van der Waals surface area (Å²) in [4.78, 5) is 20.2. The summed E-state index contributed by atoms with van der Waals surface area (Å²) in [6.07, 6.45) is -0.0340. The molecule has 0 saturated heterocycles. The van der Waals surface area contributed by atoms with Crippen LogP contribution < -0.4 is 19.6 Å². The number of hydrogen-bond acceptors (Lipinski definition) is 8. The number of aromatic amines is 1. The maximum Gasteiger partial charge on any atom is 0.227 e. The van der Waals surface area contributed by atoms with Crippen LogP contribution in [0, 0.1) is 6.92 Å². The van der Waals surface area contributed by atoms with E-state index in [0.717, 1.165) is 0 Å². The Labute approximate surface area is 201 Å². The Balaban J connectivity index is 1.94. The lowest BCUT2D eigenvalue weighted by atomic mass is 10.1. The molecule has 35 heavy (non-hydrogen) atoms. The summed E-state index contributed by atoms with van der Waals surface area (Å²) in [5, 5.41) is 20.6. The fourth-order valence-corrected chi connectivity index (χ4v) is 3.65. The molecule has 4 rings (SSSR count). The van der Waals surface area contributed by atoms with Crippen molar-refractivity contribution in [3.63, 3.8) is 0 Å². The van der Waals surface area contributed by atoms with E-state index in [1.165, 1.54) is 19.2 Å². The molecule has 2 heterocycles. The lowest BCUT2D eigenvalue weighted by Gasteiger charge is -2.14. The van der Waals surface area contributed by atoms with Crippen molar-refractivity contribution in [2.24, 2.45) is 0 Å². The van der Waals surface area contributed by atoms with Crippen LogP contribution in [-0.4, -0.2) is 40.5 Å². The van der Waals surface area contributed by atoms with Crippen molar-refractivity contribution in [2.45, 2.75) is 26.9 Å². The summed E-state index contributed by atoms with van der Waals surface area (Å²) in [5.41, 5.74) is 1.32. The van der Waals surface area contributed by atoms with E-state index in [0.29, 0.717) is 39.9 Å². The van der Waals surface area contributed by atoms with Crippen molar-refractivity contribution in [3.8, 4) is 62.8 Å². The van der Waals surface area contributed by atoms with Crippen LogP contribution in [0.1, 0.15) is 19.6 Å². The van der Waals surface area contributed by atoms with Gasteiger partial charge in [-0.25, -0.2) is 4.98 Å². The van der Waals surface area contributed by atoms with E-state index in [2.05, 4.69) is 4.98 Å². The molecule has 0 aliphatic rings. The molecule has 4 aromatic rings. The minimum Gasteiger partial charge on any atom is -0.504 e. The van der Waals surface area contributed by atoms with Gasteiger partial charge in [0.1, 0.15) is 23.0 Å². The third-order valence-electron chi connectivity index (χ3n) is 5.23. The van der Waals surface area contributed by atoms with Gasteiger partial charge in [0.25, 0.3) is 0 Å². The second kappa shape index (κ2) is 9.46. The number of nitrogens with one attached hydrogen (secondary N) is 1. The Bertz CT molecular complexity index is 1440. The average molecular weight is 479 g/mol. The molecular weight excluding hydrogens is 452 g/mol. The van der Waals surface area contributed by atoms with E-state index in [-0.39, 0.29) is 29.1 Å². The summed E-state index contributed by atoms with van der Waals surface area (Å²) in [6.45, 7) is 5.46. The van der Waals surface area contributed by atoms with Crippen molar-refractivity contribution in [2.75, 3.05) is 14.2 Å². The standard InChI is InChI=1S/C26H26N2O7/c1-13(2)34-19-9-7-16(12-21(19)33-5)26-27-22(15-6-8-17(29)20(11-15)32-4)23(28-26)25-24(31)18(30)10-14(3)35-25/h6-13,29,31H,1-5H3,(H,27,28). The maximum absolute atomic E-state index is 12.3. The first kappa shape index (κ1) is 23.7. The van der Waals surface area contributed by atoms with Crippen LogP contribution in [0.5, 0.6) is 28.7 Å². The minimum atomic E-state index is -0.578. The van der Waals surface area contributed by atoms with Crippen molar-refractivity contribution in [1.29, 1.82) is 0 Å². The van der Waals surface area contributed by atoms with Crippen molar-refractivity contribution >= 4 is 0 Å². The highest BCUT2D eigenvalue weighted by molar-refractivity contribution is 5.82. The van der Waals surface area contributed by atoms with E-state index in [4.69, 9.17) is 23.6 Å². The predicted molar refractivity (Wildman–Crippen MR) is 130 cm³/mol. The molecule has 0 unspecified atom stereocenters. The highest BCUT2D eigenvalue weighted by atomic mass is 16.5. The number of phenols is 1. The van der Waals surface area contributed by atoms with Crippen LogP contribution in [0.4, 0.5) is 0 Å². The molecule has 0 amide bonds. The first-order valence-corrected chi connectivity index (χ1v) is 10.9. The maximum atomic E-state index is 12.3. The fourth-order valence-electron chi connectivity index (χ4n) is 3.65. The largest absolute Gasteiger partial charge is 0.504 e. The van der Waals surface area contributed by atoms with Gasteiger partial charge in [0, 0.05) is 17.2 Å². The first-order chi connectivity index (χ1) is 16.7. The number of methoxy groups -OCH3 is 2. The fraction of sp³-hybridized carbons (Fsp3) is 0.231. The number of imidazole rings is 1. The van der Waals surface area contributed by atoms with Gasteiger partial charge in [-0.2, -0.15) is 0 Å². The van der Waals surface area contributed by atoms with Crippen LogP contribution in [0.3, 0.4) is 0 Å². The van der Waals surface area contributed by atoms with Gasteiger partial charge in [-0.1, -0.05) is 0 Å². The van der Waals surface area contributed by atoms with Gasteiger partial charge in [-0.05, 0) is 57.2 Å². The minimum absolute atomic E-state index is 0.0340. The quantitative estimate of drug-likeness (QED) is 0.343. The zero-order valence-electron chi connectivity index (χ0n) is 20.0. The second-order valence-electron chi connectivity index (χ2n) is 8.13. The highest BCUT2D eigenvalue weighted by Crippen LogP contribution is 2.40. The molecule has 0 spiro atoms. The molecule has 0 bridgehead atoms. The van der Waals surface area contributed by atoms with E-state index < -0.39 is 11.2 Å². The molecule has 0 atom stereocenters. The average Bonchev–Trinajstić information content (AvgIpc) is 3.27. The molecule has 0 aliphatic heterocycles. The summed E-state index contributed by atoms with van der Waals surface area (Å²) < 4.78 is 22.3. The van der Waals surface area contributed by atoms with Crippen molar-refractivity contribution in [3.05, 3.63) is 58.4 Å². The molecule has 0 aliphatic carbocycles. The van der Waals surface area contributed by atoms with Crippen LogP contribution in [0.2, 0.25) is 0 Å². The number of H-pyrrole nitrogens is 1. The van der Waals surface area contributed by atoms with Crippen LogP contribution >= 0.6 is 0 Å². The highest BCUT2D eigenvalue weighted by Gasteiger charge is 2.23. The third kappa shape index (κ3) is 4.65. The smallest absolute Gasteiger partial charge is 0.227 e. The molecule has 0 fully saturated rings. The van der Waals surface area contributed by atoms with Crippen LogP contribution in [0.15, 0.2) is 51.7 Å². The Hall–Kier alpha value is -4.40. The van der Waals surface area contributed by atoms with Crippen molar-refractivity contribution < 1.29 is 28.8 Å². The Morgan fingerprint density at radius 2 is 1.63 bits per heavy atom. The Kier molecular flexibility index (Phi) is 6.42. The summed E-state index contributed by atoms with van der Waals surface area (Å²) >= 11 is 0. The molecule has 0 radical (unpaired) electrons. The zero-order chi connectivity index (χ0) is 25.3. The zero-order valence-corrected chi connectivity index (χ0v) is 20.0. The van der Waals surface area contributed by atoms with Gasteiger partial charge in [-0.15, -0.1) is 0 Å². The van der Waals surface area contributed by atoms with E-state index >= 15 is 0 Å².